The average molecular weight is 1050 g/mol. The van der Waals surface area contributed by atoms with Crippen molar-refractivity contribution in [1.82, 2.24) is 10.6 Å². The molecule has 1 fully saturated rings. The summed E-state index contributed by atoms with van der Waals surface area (Å²) < 4.78 is 46.6. The maximum Gasteiger partial charge on any atom is 0.407 e. The number of alkyl carbamates (subject to hydrolysis) is 1. The number of halogens is 1. The predicted molar refractivity (Wildman–Crippen MR) is 287 cm³/mol. The molecular weight excluding hydrogens is 960 g/mol. The smallest absolute Gasteiger partial charge is 0.407 e. The number of anilines is 1. The topological polar surface area (TPSA) is 138 Å². The monoisotopic (exact) mass is 1040 g/mol. The van der Waals surface area contributed by atoms with Gasteiger partial charge in [0.25, 0.3) is 0 Å². The molecule has 4 aliphatic rings. The Morgan fingerprint density at radius 2 is 1.18 bits per heavy atom. The normalized spacial score (nSPS) is 19.6. The summed E-state index contributed by atoms with van der Waals surface area (Å²) >= 11 is 0. The lowest BCUT2D eigenvalue weighted by atomic mass is 9.81. The second kappa shape index (κ2) is 32.8. The highest BCUT2D eigenvalue weighted by Crippen LogP contribution is 2.52. The third-order valence-corrected chi connectivity index (χ3v) is 14.3. The first-order valence-electron chi connectivity index (χ1n) is 26.9. The standard InChI is InChI=1S/C59H84N4O10.ClH/c1-58(2)50-22-15-17-24-52(50)62(5)54(58)26-12-8-13-27-55-59(3,4)51-23-16-18-25-53(51)63(55)31-19-9-14-28-56(64)60-29-32-66-34-36-68-38-40-70-42-44-72-45-43-71-41-39-69-37-35-67-33-30-61-57(65)73-46-49-47-20-10-6-7-11-21-48(47)49;/h8,12-13,15-18,22-27,47-49H,9-11,14,19-21,28-46H2,1-5H3,(H-,60,61,64,65);1H/t47-,48+,49?;. The Labute approximate surface area is 448 Å². The predicted octanol–water partition coefficient (Wildman–Crippen LogP) is 5.45. The summed E-state index contributed by atoms with van der Waals surface area (Å²) in [5, 5.41) is 5.73. The van der Waals surface area contributed by atoms with E-state index in [2.05, 4.69) is 146 Å². The van der Waals surface area contributed by atoms with Crippen molar-refractivity contribution >= 4 is 29.1 Å². The van der Waals surface area contributed by atoms with Gasteiger partial charge in [-0.15, -0.1) is 11.8 Å². The molecule has 408 valence electrons. The number of allylic oxidation sites excluding steroid dienone is 6. The molecule has 2 aliphatic heterocycles. The summed E-state index contributed by atoms with van der Waals surface area (Å²) in [4.78, 5) is 27.0. The molecule has 2 amide bonds. The number of carbonyl (C=O) groups excluding carboxylic acids is 2. The molecule has 2 N–H and O–H groups in total. The zero-order chi connectivity index (χ0) is 51.6. The number of nitrogens with one attached hydrogen (secondary N) is 2. The van der Waals surface area contributed by atoms with E-state index in [9.17, 15) is 9.59 Å². The van der Waals surface area contributed by atoms with Gasteiger partial charge in [-0.1, -0.05) is 74.9 Å². The number of rotatable bonds is 35. The number of nitrogens with zero attached hydrogens (tertiary/aromatic N) is 2. The fourth-order valence-corrected chi connectivity index (χ4v) is 10.3. The molecule has 0 aromatic heterocycles. The molecule has 3 atom stereocenters. The minimum Gasteiger partial charge on any atom is -1.00 e. The van der Waals surface area contributed by atoms with Crippen molar-refractivity contribution in [1.29, 1.82) is 0 Å². The molecule has 14 nitrogen and oxygen atoms in total. The van der Waals surface area contributed by atoms with Crippen molar-refractivity contribution in [3.63, 3.8) is 0 Å². The van der Waals surface area contributed by atoms with Gasteiger partial charge in [0.05, 0.1) is 105 Å². The van der Waals surface area contributed by atoms with E-state index in [1.165, 1.54) is 33.9 Å². The van der Waals surface area contributed by atoms with Crippen LogP contribution in [-0.2, 0) is 53.5 Å². The van der Waals surface area contributed by atoms with Gasteiger partial charge in [0, 0.05) is 73.4 Å². The number of unbranched alkanes of at least 4 members (excludes halogenated alkanes) is 2. The van der Waals surface area contributed by atoms with E-state index < -0.39 is 0 Å². The number of amides is 2. The fraction of sp³-hybridized carbons (Fsp3) is 0.610. The van der Waals surface area contributed by atoms with Crippen molar-refractivity contribution in [3.8, 4) is 11.8 Å². The largest absolute Gasteiger partial charge is 1.00 e. The first-order valence-corrected chi connectivity index (χ1v) is 26.9. The summed E-state index contributed by atoms with van der Waals surface area (Å²) in [5.41, 5.74) is 7.65. The number of ether oxygens (including phenoxy) is 8. The lowest BCUT2D eigenvalue weighted by molar-refractivity contribution is -0.401. The van der Waals surface area contributed by atoms with Crippen molar-refractivity contribution in [2.24, 2.45) is 17.8 Å². The van der Waals surface area contributed by atoms with Crippen LogP contribution in [0.5, 0.6) is 0 Å². The summed E-state index contributed by atoms with van der Waals surface area (Å²) in [6.07, 6.45) is 18.1. The summed E-state index contributed by atoms with van der Waals surface area (Å²) in [6.45, 7) is 17.9. The van der Waals surface area contributed by atoms with Crippen LogP contribution >= 0.6 is 0 Å². The minimum absolute atomic E-state index is 0. The Kier molecular flexibility index (Phi) is 26.7. The van der Waals surface area contributed by atoms with E-state index in [0.717, 1.165) is 51.5 Å². The summed E-state index contributed by atoms with van der Waals surface area (Å²) in [7, 11) is 2.15. The van der Waals surface area contributed by atoms with E-state index in [4.69, 9.17) is 37.9 Å². The molecule has 1 saturated carbocycles. The molecule has 6 rings (SSSR count). The van der Waals surface area contributed by atoms with Crippen LogP contribution in [0.4, 0.5) is 16.2 Å². The van der Waals surface area contributed by atoms with Crippen LogP contribution in [0.3, 0.4) is 0 Å². The lowest BCUT2D eigenvalue weighted by Gasteiger charge is -2.27. The molecule has 2 aliphatic carbocycles. The number of hydrogen-bond donors (Lipinski definition) is 2. The molecule has 0 spiro atoms. The van der Waals surface area contributed by atoms with Crippen molar-refractivity contribution in [2.45, 2.75) is 89.9 Å². The Hall–Kier alpha value is -4.56. The highest BCUT2D eigenvalue weighted by molar-refractivity contribution is 6.03. The van der Waals surface area contributed by atoms with E-state index in [1.807, 2.05) is 0 Å². The van der Waals surface area contributed by atoms with Gasteiger partial charge < -0.3 is 65.8 Å². The molecule has 2 heterocycles. The van der Waals surface area contributed by atoms with Crippen LogP contribution in [0.15, 0.2) is 84.6 Å². The van der Waals surface area contributed by atoms with Crippen molar-refractivity contribution in [3.05, 3.63) is 95.7 Å². The zero-order valence-corrected chi connectivity index (χ0v) is 45.7. The van der Waals surface area contributed by atoms with Crippen LogP contribution in [0.25, 0.3) is 0 Å². The van der Waals surface area contributed by atoms with Gasteiger partial charge in [0.1, 0.15) is 7.05 Å². The molecule has 15 heteroatoms. The van der Waals surface area contributed by atoms with Gasteiger partial charge in [0.15, 0.2) is 5.71 Å². The Bertz CT molecular complexity index is 2200. The highest BCUT2D eigenvalue weighted by atomic mass is 35.5. The van der Waals surface area contributed by atoms with Gasteiger partial charge in [0.2, 0.25) is 11.6 Å². The second-order valence-electron chi connectivity index (χ2n) is 20.1. The van der Waals surface area contributed by atoms with Crippen LogP contribution in [0.2, 0.25) is 0 Å². The number of carbonyl (C=O) groups is 2. The molecule has 2 aromatic carbocycles. The van der Waals surface area contributed by atoms with Crippen LogP contribution < -0.4 is 27.9 Å². The van der Waals surface area contributed by atoms with Crippen LogP contribution in [0, 0.1) is 29.6 Å². The van der Waals surface area contributed by atoms with Crippen molar-refractivity contribution in [2.75, 3.05) is 131 Å². The lowest BCUT2D eigenvalue weighted by Crippen LogP contribution is -3.00. The number of fused-ring (bicyclic) bond motifs is 3. The third kappa shape index (κ3) is 18.9. The summed E-state index contributed by atoms with van der Waals surface area (Å²) in [6, 6.07) is 17.4. The molecular formula is C59H85ClN4O10. The van der Waals surface area contributed by atoms with E-state index in [-0.39, 0.29) is 35.2 Å². The molecule has 0 radical (unpaired) electrons. The van der Waals surface area contributed by atoms with Crippen LogP contribution in [0.1, 0.15) is 90.2 Å². The van der Waals surface area contributed by atoms with Crippen molar-refractivity contribution < 1.29 is 64.5 Å². The number of para-hydroxylation sites is 2. The quantitative estimate of drug-likeness (QED) is 0.0395. The minimum atomic E-state index is -0.383. The molecule has 0 bridgehead atoms. The van der Waals surface area contributed by atoms with E-state index in [0.29, 0.717) is 136 Å². The zero-order valence-electron chi connectivity index (χ0n) is 45.0. The highest BCUT2D eigenvalue weighted by Gasteiger charge is 2.49. The Morgan fingerprint density at radius 3 is 1.76 bits per heavy atom. The number of hydrogen-bond acceptors (Lipinski definition) is 11. The summed E-state index contributed by atoms with van der Waals surface area (Å²) in [5.74, 6) is 8.29. The van der Waals surface area contributed by atoms with Gasteiger partial charge in [-0.25, -0.2) is 4.79 Å². The maximum atomic E-state index is 12.5. The second-order valence-corrected chi connectivity index (χ2v) is 20.1. The van der Waals surface area contributed by atoms with Gasteiger partial charge in [-0.05, 0) is 75.0 Å². The third-order valence-electron chi connectivity index (χ3n) is 14.3. The molecule has 2 aromatic rings. The SMILES string of the molecule is C[N+]1=C(/C=C/C=C/C=C2\N(CCCCCC(=O)NCCOCCOCCOCCOCCOCCOCCOCCNC(=O)OCC3[C@H]4CCC#CCC[C@@H]34)c3ccccc3C2(C)C)C(C)(C)c2ccccc21.[Cl-]. The van der Waals surface area contributed by atoms with Gasteiger partial charge >= 0.3 is 6.09 Å². The Balaban J connectivity index is 0.0000101. The van der Waals surface area contributed by atoms with E-state index in [1.54, 1.807) is 0 Å². The molecule has 0 saturated heterocycles. The van der Waals surface area contributed by atoms with E-state index >= 15 is 0 Å². The number of benzene rings is 2. The fourth-order valence-electron chi connectivity index (χ4n) is 10.3. The first kappa shape index (κ1) is 60.3. The van der Waals surface area contributed by atoms with Gasteiger partial charge in [-0.2, -0.15) is 4.58 Å². The molecule has 1 unspecified atom stereocenters. The molecule has 74 heavy (non-hydrogen) atoms. The maximum absolute atomic E-state index is 12.5. The van der Waals surface area contributed by atoms with Gasteiger partial charge in [-0.3, -0.25) is 4.79 Å². The van der Waals surface area contributed by atoms with Crippen LogP contribution in [-0.4, -0.2) is 148 Å². The Morgan fingerprint density at radius 1 is 0.649 bits per heavy atom. The average Bonchev–Trinajstić information content (AvgIpc) is 3.91. The first-order chi connectivity index (χ1) is 35.6.